The molecule has 1 aromatic carbocycles. The van der Waals surface area contributed by atoms with E-state index in [0.29, 0.717) is 39.3 Å². The van der Waals surface area contributed by atoms with Crippen molar-refractivity contribution in [1.29, 1.82) is 10.5 Å². The van der Waals surface area contributed by atoms with Crippen LogP contribution in [-0.2, 0) is 5.75 Å². The Bertz CT molecular complexity index is 1440. The molecule has 9 nitrogen and oxygen atoms in total. The zero-order valence-corrected chi connectivity index (χ0v) is 20.8. The van der Waals surface area contributed by atoms with Gasteiger partial charge in [0.1, 0.15) is 52.8 Å². The van der Waals surface area contributed by atoms with Crippen LogP contribution in [0.2, 0.25) is 0 Å². The maximum absolute atomic E-state index is 10.0. The van der Waals surface area contributed by atoms with Crippen LogP contribution in [0.25, 0.3) is 22.6 Å². The van der Waals surface area contributed by atoms with Crippen LogP contribution in [0.4, 0.5) is 5.82 Å². The number of nitriles is 2. The molecule has 0 aliphatic heterocycles. The van der Waals surface area contributed by atoms with Crippen molar-refractivity contribution >= 4 is 28.9 Å². The summed E-state index contributed by atoms with van der Waals surface area (Å²) in [7, 11) is 0. The molecule has 4 N–H and O–H groups in total. The van der Waals surface area contributed by atoms with E-state index in [1.54, 1.807) is 35.6 Å². The van der Waals surface area contributed by atoms with Crippen LogP contribution >= 0.6 is 23.1 Å². The van der Waals surface area contributed by atoms with Gasteiger partial charge in [0.15, 0.2) is 0 Å². The molecule has 0 unspecified atom stereocenters. The van der Waals surface area contributed by atoms with Gasteiger partial charge in [-0.1, -0.05) is 23.9 Å². The molecule has 3 aromatic heterocycles. The van der Waals surface area contributed by atoms with Crippen molar-refractivity contribution in [2.45, 2.75) is 23.8 Å². The normalized spacial score (nSPS) is 11.6. The third-order valence-corrected chi connectivity index (χ3v) is 6.89. The second-order valence-corrected chi connectivity index (χ2v) is 9.39. The molecule has 4 rings (SSSR count). The second-order valence-electron chi connectivity index (χ2n) is 7.65. The number of ether oxygens (including phenoxy) is 1. The minimum Gasteiger partial charge on any atom is -0.491 e. The molecule has 0 aliphatic rings. The molecule has 36 heavy (non-hydrogen) atoms. The van der Waals surface area contributed by atoms with Gasteiger partial charge in [-0.3, -0.25) is 0 Å². The standard InChI is InChI=1S/C25H21N5O4S2/c1-14-21(29-24(34-14)16-6-7-35-12-16)13-36-25-20(9-27)22(19(8-26)23(28)30-25)15-2-4-18(5-3-15)33-11-17(32)10-31/h2-7,12,17,31-32H,10-11,13H2,1H3,(H2,28,30)/t17-/m1/s1. The maximum Gasteiger partial charge on any atom is 0.227 e. The number of aliphatic hydroxyl groups excluding tert-OH is 2. The number of nitrogen functional groups attached to an aromatic ring is 1. The molecule has 4 aromatic rings. The lowest BCUT2D eigenvalue weighted by Gasteiger charge is -2.14. The summed E-state index contributed by atoms with van der Waals surface area (Å²) in [5.74, 6) is 2.09. The number of aryl methyl sites for hydroxylation is 1. The van der Waals surface area contributed by atoms with E-state index in [1.165, 1.54) is 11.8 Å². The van der Waals surface area contributed by atoms with Crippen molar-refractivity contribution < 1.29 is 19.4 Å². The van der Waals surface area contributed by atoms with Crippen molar-refractivity contribution in [3.8, 4) is 40.5 Å². The quantitative estimate of drug-likeness (QED) is 0.274. The van der Waals surface area contributed by atoms with Crippen LogP contribution in [0, 0.1) is 29.6 Å². The van der Waals surface area contributed by atoms with Crippen molar-refractivity contribution in [2.75, 3.05) is 18.9 Å². The summed E-state index contributed by atoms with van der Waals surface area (Å²) in [6.07, 6.45) is -0.991. The number of rotatable bonds is 9. The third-order valence-electron chi connectivity index (χ3n) is 5.22. The van der Waals surface area contributed by atoms with Gasteiger partial charge in [0.25, 0.3) is 0 Å². The third kappa shape index (κ3) is 5.35. The van der Waals surface area contributed by atoms with E-state index >= 15 is 0 Å². The lowest BCUT2D eigenvalue weighted by atomic mass is 9.97. The van der Waals surface area contributed by atoms with Gasteiger partial charge in [-0.2, -0.15) is 21.9 Å². The Morgan fingerprint density at radius 1 is 1.14 bits per heavy atom. The van der Waals surface area contributed by atoms with E-state index < -0.39 is 12.7 Å². The molecule has 1 atom stereocenters. The van der Waals surface area contributed by atoms with Crippen molar-refractivity contribution in [3.63, 3.8) is 0 Å². The Morgan fingerprint density at radius 3 is 2.53 bits per heavy atom. The Balaban J connectivity index is 1.64. The van der Waals surface area contributed by atoms with Crippen molar-refractivity contribution in [2.24, 2.45) is 0 Å². The molecule has 3 heterocycles. The molecular weight excluding hydrogens is 498 g/mol. The van der Waals surface area contributed by atoms with Crippen molar-refractivity contribution in [1.82, 2.24) is 9.97 Å². The zero-order valence-electron chi connectivity index (χ0n) is 19.1. The van der Waals surface area contributed by atoms with E-state index in [2.05, 4.69) is 22.1 Å². The summed E-state index contributed by atoms with van der Waals surface area (Å²) < 4.78 is 11.2. The molecule has 0 amide bonds. The Hall–Kier alpha value is -3.87. The summed E-state index contributed by atoms with van der Waals surface area (Å²) in [4.78, 5) is 8.92. The number of hydrogen-bond donors (Lipinski definition) is 3. The second kappa shape index (κ2) is 11.2. The van der Waals surface area contributed by atoms with Crippen LogP contribution in [0.15, 0.2) is 50.5 Å². The number of hydrogen-bond acceptors (Lipinski definition) is 11. The smallest absolute Gasteiger partial charge is 0.227 e. The van der Waals surface area contributed by atoms with Crippen LogP contribution in [-0.4, -0.2) is 39.5 Å². The lowest BCUT2D eigenvalue weighted by molar-refractivity contribution is 0.0536. The first-order chi connectivity index (χ1) is 17.4. The Labute approximate surface area is 215 Å². The highest BCUT2D eigenvalue weighted by molar-refractivity contribution is 7.98. The first kappa shape index (κ1) is 25.2. The molecule has 11 heteroatoms. The highest BCUT2D eigenvalue weighted by Crippen LogP contribution is 2.37. The van der Waals surface area contributed by atoms with Crippen LogP contribution in [0.1, 0.15) is 22.6 Å². The first-order valence-electron chi connectivity index (χ1n) is 10.7. The number of nitrogens with zero attached hydrogens (tertiary/aromatic N) is 4. The van der Waals surface area contributed by atoms with Gasteiger partial charge < -0.3 is 25.1 Å². The van der Waals surface area contributed by atoms with E-state index in [0.717, 1.165) is 11.3 Å². The molecule has 0 radical (unpaired) electrons. The van der Waals surface area contributed by atoms with Crippen molar-refractivity contribution in [3.05, 3.63) is 63.7 Å². The molecule has 0 saturated heterocycles. The molecule has 0 saturated carbocycles. The van der Waals surface area contributed by atoms with Gasteiger partial charge in [0.05, 0.1) is 17.9 Å². The summed E-state index contributed by atoms with van der Waals surface area (Å²) >= 11 is 2.84. The van der Waals surface area contributed by atoms with Gasteiger partial charge in [0.2, 0.25) is 5.89 Å². The van der Waals surface area contributed by atoms with E-state index in [4.69, 9.17) is 20.0 Å². The van der Waals surface area contributed by atoms with E-state index in [-0.39, 0.29) is 23.6 Å². The van der Waals surface area contributed by atoms with Gasteiger partial charge in [0, 0.05) is 22.3 Å². The van der Waals surface area contributed by atoms with Gasteiger partial charge in [-0.15, -0.1) is 0 Å². The topological polar surface area (TPSA) is 162 Å². The molecule has 0 spiro atoms. The fourth-order valence-electron chi connectivity index (χ4n) is 3.36. The summed E-state index contributed by atoms with van der Waals surface area (Å²) in [6, 6.07) is 12.9. The van der Waals surface area contributed by atoms with E-state index in [1.807, 2.05) is 23.8 Å². The average Bonchev–Trinajstić information content (AvgIpc) is 3.55. The summed E-state index contributed by atoms with van der Waals surface area (Å²) in [6.45, 7) is 1.36. The highest BCUT2D eigenvalue weighted by atomic mass is 32.2. The predicted molar refractivity (Wildman–Crippen MR) is 136 cm³/mol. The summed E-state index contributed by atoms with van der Waals surface area (Å²) in [5.41, 5.74) is 9.06. The number of aliphatic hydroxyl groups is 2. The average molecular weight is 520 g/mol. The van der Waals surface area contributed by atoms with Gasteiger partial charge in [-0.05, 0) is 36.1 Å². The van der Waals surface area contributed by atoms with Crippen LogP contribution in [0.5, 0.6) is 5.75 Å². The zero-order chi connectivity index (χ0) is 25.7. The Kier molecular flexibility index (Phi) is 7.88. The highest BCUT2D eigenvalue weighted by Gasteiger charge is 2.22. The fourth-order valence-corrected chi connectivity index (χ4v) is 4.99. The number of thiophene rings is 1. The minimum absolute atomic E-state index is 0.0243. The number of thioether (sulfide) groups is 1. The molecule has 182 valence electrons. The monoisotopic (exact) mass is 519 g/mol. The summed E-state index contributed by atoms with van der Waals surface area (Å²) in [5, 5.41) is 42.5. The number of oxazole rings is 1. The number of anilines is 1. The first-order valence-corrected chi connectivity index (χ1v) is 12.7. The lowest BCUT2D eigenvalue weighted by Crippen LogP contribution is -2.21. The van der Waals surface area contributed by atoms with Gasteiger partial charge in [-0.25, -0.2) is 9.97 Å². The Morgan fingerprint density at radius 2 is 1.89 bits per heavy atom. The molecule has 0 fully saturated rings. The number of benzene rings is 1. The minimum atomic E-state index is -0.991. The van der Waals surface area contributed by atoms with E-state index in [9.17, 15) is 15.6 Å². The van der Waals surface area contributed by atoms with Gasteiger partial charge >= 0.3 is 0 Å². The molecule has 0 aliphatic carbocycles. The predicted octanol–water partition coefficient (Wildman–Crippen LogP) is 4.12. The molecular formula is C25H21N5O4S2. The number of pyridine rings is 1. The number of aromatic nitrogens is 2. The van der Waals surface area contributed by atoms with Crippen LogP contribution < -0.4 is 10.5 Å². The maximum atomic E-state index is 10.0. The van der Waals surface area contributed by atoms with Crippen LogP contribution in [0.3, 0.4) is 0 Å². The molecule has 0 bridgehead atoms. The fraction of sp³-hybridized carbons (Fsp3) is 0.200. The number of nitrogens with two attached hydrogens (primary N) is 1. The SMILES string of the molecule is Cc1oc(-c2ccsc2)nc1CSc1nc(N)c(C#N)c(-c2ccc(OC[C@H](O)CO)cc2)c1C#N. The largest absolute Gasteiger partial charge is 0.491 e.